The van der Waals surface area contributed by atoms with Crippen LogP contribution in [-0.4, -0.2) is 22.4 Å². The molecule has 1 amide bonds. The van der Waals surface area contributed by atoms with Gasteiger partial charge in [-0.2, -0.15) is 0 Å². The minimum absolute atomic E-state index is 0.134. The van der Waals surface area contributed by atoms with E-state index < -0.39 is 0 Å². The van der Waals surface area contributed by atoms with E-state index >= 15 is 0 Å². The molecular formula is C14H17N3O. The number of amides is 1. The van der Waals surface area contributed by atoms with Crippen LogP contribution in [0, 0.1) is 12.8 Å². The Balaban J connectivity index is 2.40. The number of hydrogen-bond donors (Lipinski definition) is 1. The summed E-state index contributed by atoms with van der Waals surface area (Å²) in [6.07, 6.45) is 0. The van der Waals surface area contributed by atoms with Gasteiger partial charge in [-0.25, -0.2) is 9.97 Å². The molecule has 4 heteroatoms. The molecule has 0 saturated heterocycles. The fourth-order valence-corrected chi connectivity index (χ4v) is 1.75. The molecule has 0 radical (unpaired) electrons. The van der Waals surface area contributed by atoms with E-state index in [-0.39, 0.29) is 5.91 Å². The first kappa shape index (κ1) is 12.5. The van der Waals surface area contributed by atoms with Gasteiger partial charge in [0.2, 0.25) is 0 Å². The number of fused-ring (bicyclic) bond motifs is 1. The van der Waals surface area contributed by atoms with Crippen molar-refractivity contribution in [2.24, 2.45) is 5.92 Å². The van der Waals surface area contributed by atoms with Crippen LogP contribution in [0.1, 0.15) is 30.2 Å². The maximum absolute atomic E-state index is 12.1. The molecule has 1 N–H and O–H groups in total. The second-order valence-corrected chi connectivity index (χ2v) is 4.74. The average molecular weight is 243 g/mol. The Labute approximate surface area is 106 Å². The Morgan fingerprint density at radius 3 is 2.72 bits per heavy atom. The molecule has 2 aromatic rings. The van der Waals surface area contributed by atoms with Crippen molar-refractivity contribution >= 4 is 16.8 Å². The predicted octanol–water partition coefficient (Wildman–Crippen LogP) is 2.32. The largest absolute Gasteiger partial charge is 0.350 e. The van der Waals surface area contributed by atoms with Crippen LogP contribution in [0.3, 0.4) is 0 Å². The number of aryl methyl sites for hydroxylation is 1. The number of nitrogens with one attached hydrogen (secondary N) is 1. The number of rotatable bonds is 3. The quantitative estimate of drug-likeness (QED) is 0.900. The summed E-state index contributed by atoms with van der Waals surface area (Å²) in [4.78, 5) is 20.7. The molecule has 1 aromatic heterocycles. The van der Waals surface area contributed by atoms with E-state index in [0.717, 1.165) is 10.9 Å². The van der Waals surface area contributed by atoms with Gasteiger partial charge in [-0.15, -0.1) is 0 Å². The van der Waals surface area contributed by atoms with Crippen LogP contribution in [0.4, 0.5) is 0 Å². The van der Waals surface area contributed by atoms with Crippen LogP contribution in [0.5, 0.6) is 0 Å². The van der Waals surface area contributed by atoms with E-state index in [1.54, 1.807) is 6.92 Å². The van der Waals surface area contributed by atoms with Gasteiger partial charge >= 0.3 is 0 Å². The normalized spacial score (nSPS) is 10.9. The highest BCUT2D eigenvalue weighted by Crippen LogP contribution is 2.15. The highest BCUT2D eigenvalue weighted by atomic mass is 16.1. The molecule has 18 heavy (non-hydrogen) atoms. The maximum atomic E-state index is 12.1. The van der Waals surface area contributed by atoms with E-state index in [1.807, 2.05) is 24.3 Å². The molecule has 0 atom stereocenters. The average Bonchev–Trinajstić information content (AvgIpc) is 2.34. The summed E-state index contributed by atoms with van der Waals surface area (Å²) in [5.41, 5.74) is 1.26. The number of para-hydroxylation sites is 1. The zero-order valence-electron chi connectivity index (χ0n) is 10.9. The van der Waals surface area contributed by atoms with Gasteiger partial charge in [-0.1, -0.05) is 32.0 Å². The second-order valence-electron chi connectivity index (χ2n) is 4.74. The first-order chi connectivity index (χ1) is 8.58. The number of nitrogens with zero attached hydrogens (tertiary/aromatic N) is 2. The maximum Gasteiger partial charge on any atom is 0.270 e. The molecule has 0 unspecified atom stereocenters. The Morgan fingerprint density at radius 2 is 2.00 bits per heavy atom. The van der Waals surface area contributed by atoms with Gasteiger partial charge < -0.3 is 5.32 Å². The zero-order chi connectivity index (χ0) is 13.1. The molecule has 0 spiro atoms. The van der Waals surface area contributed by atoms with Gasteiger partial charge in [-0.3, -0.25) is 4.79 Å². The molecule has 1 aromatic carbocycles. The van der Waals surface area contributed by atoms with E-state index in [9.17, 15) is 4.79 Å². The molecular weight excluding hydrogens is 226 g/mol. The Kier molecular flexibility index (Phi) is 3.55. The monoisotopic (exact) mass is 243 g/mol. The molecule has 0 aliphatic carbocycles. The van der Waals surface area contributed by atoms with Gasteiger partial charge in [0, 0.05) is 11.9 Å². The van der Waals surface area contributed by atoms with Crippen molar-refractivity contribution in [3.63, 3.8) is 0 Å². The lowest BCUT2D eigenvalue weighted by molar-refractivity contribution is 0.0945. The number of carbonyl (C=O) groups is 1. The van der Waals surface area contributed by atoms with Crippen molar-refractivity contribution in [3.05, 3.63) is 35.8 Å². The van der Waals surface area contributed by atoms with E-state index in [0.29, 0.717) is 24.0 Å². The van der Waals surface area contributed by atoms with Gasteiger partial charge in [-0.05, 0) is 18.9 Å². The topological polar surface area (TPSA) is 54.9 Å². The summed E-state index contributed by atoms with van der Waals surface area (Å²) < 4.78 is 0. The lowest BCUT2D eigenvalue weighted by Crippen LogP contribution is -2.28. The van der Waals surface area contributed by atoms with Gasteiger partial charge in [0.1, 0.15) is 11.5 Å². The van der Waals surface area contributed by atoms with E-state index in [4.69, 9.17) is 0 Å². The molecule has 0 aliphatic heterocycles. The zero-order valence-corrected chi connectivity index (χ0v) is 10.9. The Bertz CT molecular complexity index is 578. The summed E-state index contributed by atoms with van der Waals surface area (Å²) in [6, 6.07) is 7.56. The second kappa shape index (κ2) is 5.12. The fourth-order valence-electron chi connectivity index (χ4n) is 1.75. The van der Waals surface area contributed by atoms with Gasteiger partial charge in [0.05, 0.1) is 5.52 Å². The molecule has 1 heterocycles. The third kappa shape index (κ3) is 2.64. The Morgan fingerprint density at radius 1 is 1.28 bits per heavy atom. The lowest BCUT2D eigenvalue weighted by Gasteiger charge is -2.09. The third-order valence-electron chi connectivity index (χ3n) is 2.60. The first-order valence-electron chi connectivity index (χ1n) is 6.09. The summed E-state index contributed by atoms with van der Waals surface area (Å²) in [5, 5.41) is 3.68. The number of aromatic nitrogens is 2. The smallest absolute Gasteiger partial charge is 0.270 e. The number of carbonyl (C=O) groups excluding carboxylic acids is 1. The summed E-state index contributed by atoms with van der Waals surface area (Å²) in [5.74, 6) is 0.900. The van der Waals surface area contributed by atoms with Crippen molar-refractivity contribution in [3.8, 4) is 0 Å². The lowest BCUT2D eigenvalue weighted by atomic mass is 10.1. The third-order valence-corrected chi connectivity index (χ3v) is 2.60. The summed E-state index contributed by atoms with van der Waals surface area (Å²) in [6.45, 7) is 6.56. The van der Waals surface area contributed by atoms with Crippen LogP contribution < -0.4 is 5.32 Å². The van der Waals surface area contributed by atoms with Crippen molar-refractivity contribution in [2.75, 3.05) is 6.54 Å². The highest BCUT2D eigenvalue weighted by Gasteiger charge is 2.13. The van der Waals surface area contributed by atoms with Crippen LogP contribution in [0.25, 0.3) is 10.9 Å². The summed E-state index contributed by atoms with van der Waals surface area (Å²) in [7, 11) is 0. The number of hydrogen-bond acceptors (Lipinski definition) is 3. The van der Waals surface area contributed by atoms with Crippen molar-refractivity contribution in [1.29, 1.82) is 0 Å². The first-order valence-corrected chi connectivity index (χ1v) is 6.09. The van der Waals surface area contributed by atoms with Crippen LogP contribution in [0.15, 0.2) is 24.3 Å². The molecule has 4 nitrogen and oxygen atoms in total. The molecule has 0 saturated carbocycles. The fraction of sp³-hybridized carbons (Fsp3) is 0.357. The van der Waals surface area contributed by atoms with Gasteiger partial charge in [0.15, 0.2) is 0 Å². The minimum atomic E-state index is -0.134. The van der Waals surface area contributed by atoms with Crippen LogP contribution >= 0.6 is 0 Å². The van der Waals surface area contributed by atoms with Crippen molar-refractivity contribution in [2.45, 2.75) is 20.8 Å². The van der Waals surface area contributed by atoms with Crippen LogP contribution in [0.2, 0.25) is 0 Å². The molecule has 2 rings (SSSR count). The Hall–Kier alpha value is -1.97. The predicted molar refractivity (Wildman–Crippen MR) is 71.4 cm³/mol. The summed E-state index contributed by atoms with van der Waals surface area (Å²) >= 11 is 0. The number of benzene rings is 1. The minimum Gasteiger partial charge on any atom is -0.350 e. The van der Waals surface area contributed by atoms with Crippen molar-refractivity contribution in [1.82, 2.24) is 15.3 Å². The van der Waals surface area contributed by atoms with E-state index in [1.165, 1.54) is 0 Å². The highest BCUT2D eigenvalue weighted by molar-refractivity contribution is 6.04. The molecule has 94 valence electrons. The van der Waals surface area contributed by atoms with Crippen molar-refractivity contribution < 1.29 is 4.79 Å². The SMILES string of the molecule is Cc1nc(C(=O)NCC(C)C)c2ccccc2n1. The standard InChI is InChI=1S/C14H17N3O/c1-9(2)8-15-14(18)13-11-6-4-5-7-12(11)16-10(3)17-13/h4-7,9H,8H2,1-3H3,(H,15,18). The van der Waals surface area contributed by atoms with Gasteiger partial charge in [0.25, 0.3) is 5.91 Å². The molecule has 0 aliphatic rings. The molecule has 0 bridgehead atoms. The molecule has 0 fully saturated rings. The van der Waals surface area contributed by atoms with Crippen LogP contribution in [-0.2, 0) is 0 Å². The van der Waals surface area contributed by atoms with E-state index in [2.05, 4.69) is 29.1 Å².